The molecule has 0 aliphatic carbocycles. The summed E-state index contributed by atoms with van der Waals surface area (Å²) in [6, 6.07) is 0. The summed E-state index contributed by atoms with van der Waals surface area (Å²) in [7, 11) is 1.43. The molecule has 5 heteroatoms. The molecule has 0 unspecified atom stereocenters. The van der Waals surface area contributed by atoms with Crippen LogP contribution in [0.25, 0.3) is 0 Å². The van der Waals surface area contributed by atoms with Crippen molar-refractivity contribution in [2.75, 3.05) is 19.6 Å². The zero-order chi connectivity index (χ0) is 15.8. The Hall–Kier alpha value is -0.770. The maximum atomic E-state index is 10.9. The van der Waals surface area contributed by atoms with E-state index in [1.807, 2.05) is 0 Å². The number of hydrogen-bond acceptors (Lipinski definition) is 4. The Labute approximate surface area is 133 Å². The molecule has 0 rings (SSSR count). The number of rotatable bonds is 14. The van der Waals surface area contributed by atoms with Crippen molar-refractivity contribution in [1.29, 1.82) is 0 Å². The molecule has 0 aromatic heterocycles. The second-order valence-corrected chi connectivity index (χ2v) is 5.48. The summed E-state index contributed by atoms with van der Waals surface area (Å²) in [5.74, 6) is -0.491. The molecule has 0 aliphatic heterocycles. The van der Waals surface area contributed by atoms with Crippen LogP contribution in [0.15, 0.2) is 0 Å². The Morgan fingerprint density at radius 1 is 0.762 bits per heavy atom. The second kappa shape index (κ2) is 15.6. The van der Waals surface area contributed by atoms with Crippen LogP contribution in [0.2, 0.25) is 0 Å². The van der Waals surface area contributed by atoms with Crippen molar-refractivity contribution < 1.29 is 19.1 Å². The van der Waals surface area contributed by atoms with Crippen molar-refractivity contribution in [2.24, 2.45) is 0 Å². The molecule has 0 radical (unpaired) electrons. The fraction of sp³-hybridized carbons (Fsp3) is 0.875. The van der Waals surface area contributed by atoms with Crippen LogP contribution in [0.3, 0.4) is 0 Å². The Kier molecular flexibility index (Phi) is 15.0. The highest BCUT2D eigenvalue weighted by molar-refractivity contribution is 6.26. The largest absolute Gasteiger partial charge is 0.469 e. The van der Waals surface area contributed by atoms with E-state index in [1.165, 1.54) is 45.6 Å². The summed E-state index contributed by atoms with van der Waals surface area (Å²) in [6.07, 6.45) is 12.0. The van der Waals surface area contributed by atoms with Crippen molar-refractivity contribution in [3.05, 3.63) is 0 Å². The van der Waals surface area contributed by atoms with E-state index in [2.05, 4.69) is 4.74 Å². The molecule has 0 spiro atoms. The van der Waals surface area contributed by atoms with Crippen molar-refractivity contribution in [1.82, 2.24) is 0 Å². The number of unbranched alkanes of at least 4 members (excludes halogenated alkanes) is 9. The first-order valence-corrected chi connectivity index (χ1v) is 8.52. The quantitative estimate of drug-likeness (QED) is 0.273. The zero-order valence-electron chi connectivity index (χ0n) is 13.2. The van der Waals surface area contributed by atoms with Gasteiger partial charge in [-0.05, 0) is 12.8 Å². The van der Waals surface area contributed by atoms with Gasteiger partial charge in [-0.2, -0.15) is 0 Å². The molecule has 0 N–H and O–H groups in total. The van der Waals surface area contributed by atoms with Gasteiger partial charge < -0.3 is 9.47 Å². The SMILES string of the molecule is COC(=O)CCCCCCCCCCCCOC(=O)CCl. The Morgan fingerprint density at radius 3 is 1.71 bits per heavy atom. The first-order chi connectivity index (χ1) is 10.2. The maximum absolute atomic E-state index is 10.9. The van der Waals surface area contributed by atoms with Crippen molar-refractivity contribution >= 4 is 23.5 Å². The molecule has 0 saturated heterocycles. The van der Waals surface area contributed by atoms with Gasteiger partial charge in [0.05, 0.1) is 13.7 Å². The van der Waals surface area contributed by atoms with Crippen LogP contribution < -0.4 is 0 Å². The van der Waals surface area contributed by atoms with Gasteiger partial charge in [0.25, 0.3) is 0 Å². The fourth-order valence-electron chi connectivity index (χ4n) is 2.11. The van der Waals surface area contributed by atoms with E-state index >= 15 is 0 Å². The van der Waals surface area contributed by atoms with Gasteiger partial charge in [-0.25, -0.2) is 0 Å². The van der Waals surface area contributed by atoms with Crippen LogP contribution in [0, 0.1) is 0 Å². The van der Waals surface area contributed by atoms with E-state index in [0.29, 0.717) is 13.0 Å². The lowest BCUT2D eigenvalue weighted by Gasteiger charge is -2.04. The van der Waals surface area contributed by atoms with Crippen LogP contribution in [-0.4, -0.2) is 31.5 Å². The molecule has 0 amide bonds. The normalized spacial score (nSPS) is 10.4. The Bertz CT molecular complexity index is 243. The van der Waals surface area contributed by atoms with Gasteiger partial charge in [0.2, 0.25) is 0 Å². The number of hydrogen-bond donors (Lipinski definition) is 0. The molecule has 0 fully saturated rings. The van der Waals surface area contributed by atoms with Crippen LogP contribution in [-0.2, 0) is 19.1 Å². The summed E-state index contributed by atoms with van der Waals surface area (Å²) < 4.78 is 9.49. The van der Waals surface area contributed by atoms with Crippen LogP contribution in [0.1, 0.15) is 70.6 Å². The van der Waals surface area contributed by atoms with Gasteiger partial charge in [0.1, 0.15) is 5.88 Å². The highest BCUT2D eigenvalue weighted by atomic mass is 35.5. The Balaban J connectivity index is 3.06. The minimum atomic E-state index is -0.330. The summed E-state index contributed by atoms with van der Waals surface area (Å²) in [6.45, 7) is 0.492. The minimum Gasteiger partial charge on any atom is -0.469 e. The lowest BCUT2D eigenvalue weighted by Crippen LogP contribution is -2.06. The summed E-state index contributed by atoms with van der Waals surface area (Å²) in [4.78, 5) is 21.7. The number of halogens is 1. The lowest BCUT2D eigenvalue weighted by molar-refractivity contribution is -0.141. The highest BCUT2D eigenvalue weighted by Crippen LogP contribution is 2.11. The molecule has 0 bridgehead atoms. The topological polar surface area (TPSA) is 52.6 Å². The molecule has 124 valence electrons. The number of esters is 2. The minimum absolute atomic E-state index is 0.0559. The predicted octanol–water partition coefficient (Wildman–Crippen LogP) is 4.23. The second-order valence-electron chi connectivity index (χ2n) is 5.22. The van der Waals surface area contributed by atoms with Gasteiger partial charge in [0.15, 0.2) is 0 Å². The molecule has 0 aromatic rings. The molecule has 0 aliphatic rings. The van der Waals surface area contributed by atoms with E-state index in [9.17, 15) is 9.59 Å². The molecule has 0 atom stereocenters. The van der Waals surface area contributed by atoms with Crippen LogP contribution in [0.5, 0.6) is 0 Å². The smallest absolute Gasteiger partial charge is 0.320 e. The third-order valence-electron chi connectivity index (χ3n) is 3.38. The Morgan fingerprint density at radius 2 is 1.24 bits per heavy atom. The van der Waals surface area contributed by atoms with E-state index < -0.39 is 0 Å². The standard InChI is InChI=1S/C16H29ClO4/c1-20-15(18)12-10-8-6-4-2-3-5-7-9-11-13-21-16(19)14-17/h2-14H2,1H3. The van der Waals surface area contributed by atoms with Crippen molar-refractivity contribution in [3.63, 3.8) is 0 Å². The molecule has 0 heterocycles. The lowest BCUT2D eigenvalue weighted by atomic mass is 10.1. The predicted molar refractivity (Wildman–Crippen MR) is 84.5 cm³/mol. The van der Waals surface area contributed by atoms with Gasteiger partial charge in [-0.15, -0.1) is 11.6 Å². The number of ether oxygens (including phenoxy) is 2. The molecule has 0 saturated carbocycles. The van der Waals surface area contributed by atoms with Gasteiger partial charge in [-0.3, -0.25) is 9.59 Å². The van der Waals surface area contributed by atoms with Crippen molar-refractivity contribution in [3.8, 4) is 0 Å². The average Bonchev–Trinajstić information content (AvgIpc) is 2.51. The summed E-state index contributed by atoms with van der Waals surface area (Å²) >= 11 is 5.32. The van der Waals surface area contributed by atoms with Crippen LogP contribution in [0.4, 0.5) is 0 Å². The molecule has 4 nitrogen and oxygen atoms in total. The summed E-state index contributed by atoms with van der Waals surface area (Å²) in [5.41, 5.74) is 0. The third-order valence-corrected chi connectivity index (χ3v) is 3.59. The molecular formula is C16H29ClO4. The van der Waals surface area contributed by atoms with Crippen LogP contribution >= 0.6 is 11.6 Å². The maximum Gasteiger partial charge on any atom is 0.320 e. The third kappa shape index (κ3) is 15.4. The van der Waals surface area contributed by atoms with E-state index in [-0.39, 0.29) is 17.8 Å². The number of carbonyl (C=O) groups is 2. The molecular weight excluding hydrogens is 292 g/mol. The number of carbonyl (C=O) groups excluding carboxylic acids is 2. The summed E-state index contributed by atoms with van der Waals surface area (Å²) in [5, 5.41) is 0. The van der Waals surface area contributed by atoms with Gasteiger partial charge >= 0.3 is 11.9 Å². The van der Waals surface area contributed by atoms with Gasteiger partial charge in [0, 0.05) is 6.42 Å². The monoisotopic (exact) mass is 320 g/mol. The average molecular weight is 321 g/mol. The van der Waals surface area contributed by atoms with E-state index in [1.54, 1.807) is 0 Å². The molecule has 0 aromatic carbocycles. The first kappa shape index (κ1) is 20.2. The zero-order valence-corrected chi connectivity index (χ0v) is 14.0. The number of alkyl halides is 1. The fourth-order valence-corrected chi connectivity index (χ4v) is 2.19. The highest BCUT2D eigenvalue weighted by Gasteiger charge is 2.00. The molecule has 21 heavy (non-hydrogen) atoms. The number of methoxy groups -OCH3 is 1. The van der Waals surface area contributed by atoms with E-state index in [4.69, 9.17) is 16.3 Å². The first-order valence-electron chi connectivity index (χ1n) is 7.99. The van der Waals surface area contributed by atoms with E-state index in [0.717, 1.165) is 25.7 Å². The van der Waals surface area contributed by atoms with Crippen molar-refractivity contribution in [2.45, 2.75) is 70.6 Å². The van der Waals surface area contributed by atoms with Gasteiger partial charge in [-0.1, -0.05) is 51.4 Å².